The molecular weight excluding hydrogens is 340 g/mol. The molecule has 2 N–H and O–H groups in total. The van der Waals surface area contributed by atoms with E-state index in [0.29, 0.717) is 0 Å². The van der Waals surface area contributed by atoms with Gasteiger partial charge in [-0.15, -0.1) is 0 Å². The van der Waals surface area contributed by atoms with E-state index in [1.807, 2.05) is 0 Å². The molecule has 24 heavy (non-hydrogen) atoms. The van der Waals surface area contributed by atoms with Crippen molar-refractivity contribution in [2.45, 2.75) is 11.8 Å². The summed E-state index contributed by atoms with van der Waals surface area (Å²) >= 11 is 0. The minimum atomic E-state index is -4.44. The summed E-state index contributed by atoms with van der Waals surface area (Å²) in [6, 6.07) is 4.72. The average Bonchev–Trinajstić information content (AvgIpc) is 2.53. The van der Waals surface area contributed by atoms with Gasteiger partial charge in [0.05, 0.1) is 12.7 Å². The zero-order chi connectivity index (χ0) is 17.9. The number of carbonyl (C=O) groups is 2. The van der Waals surface area contributed by atoms with Crippen LogP contribution in [0.2, 0.25) is 0 Å². The molecule has 0 spiro atoms. The highest BCUT2D eigenvalue weighted by atomic mass is 32.2. The first kappa shape index (κ1) is 17.3. The number of nitrogens with one attached hydrogen (secondary N) is 1. The van der Waals surface area contributed by atoms with Gasteiger partial charge in [0.1, 0.15) is 10.7 Å². The second-order valence-electron chi connectivity index (χ2n) is 4.43. The van der Waals surface area contributed by atoms with Gasteiger partial charge in [0.2, 0.25) is 5.82 Å². The van der Waals surface area contributed by atoms with Crippen LogP contribution in [0.1, 0.15) is 26.8 Å². The summed E-state index contributed by atoms with van der Waals surface area (Å²) in [4.78, 5) is 33.8. The number of nitrogens with zero attached hydrogens (tertiary/aromatic N) is 3. The summed E-state index contributed by atoms with van der Waals surface area (Å²) in [5.41, 5.74) is -0.470. The molecule has 1 heterocycles. The summed E-state index contributed by atoms with van der Waals surface area (Å²) in [6.07, 6.45) is 0. The lowest BCUT2D eigenvalue weighted by Crippen LogP contribution is -2.33. The Bertz CT molecular complexity index is 912. The van der Waals surface area contributed by atoms with Crippen LogP contribution in [0, 0.1) is 6.92 Å². The van der Waals surface area contributed by atoms with Gasteiger partial charge >= 0.3 is 17.9 Å². The van der Waals surface area contributed by atoms with Crippen LogP contribution < -0.4 is 9.46 Å². The molecule has 0 saturated carbocycles. The first-order chi connectivity index (χ1) is 11.2. The van der Waals surface area contributed by atoms with Crippen LogP contribution in [0.4, 0.5) is 0 Å². The number of amides is 1. The molecule has 0 aliphatic carbocycles. The molecule has 1 amide bonds. The van der Waals surface area contributed by atoms with E-state index in [-0.39, 0.29) is 11.8 Å². The van der Waals surface area contributed by atoms with E-state index in [1.165, 1.54) is 26.2 Å². The molecule has 0 unspecified atom stereocenters. The smallest absolute Gasteiger partial charge is 0.337 e. The Balaban J connectivity index is 2.38. The quantitative estimate of drug-likeness (QED) is 0.758. The molecule has 2 aromatic rings. The Labute approximate surface area is 136 Å². The molecule has 2 rings (SSSR count). The number of carboxylic acid groups (broad SMARTS) is 1. The van der Waals surface area contributed by atoms with E-state index >= 15 is 0 Å². The molecule has 0 saturated heterocycles. The maximum Gasteiger partial charge on any atom is 0.337 e. The summed E-state index contributed by atoms with van der Waals surface area (Å²) in [5.74, 6) is -2.91. The van der Waals surface area contributed by atoms with E-state index in [9.17, 15) is 18.0 Å². The van der Waals surface area contributed by atoms with Gasteiger partial charge in [-0.25, -0.2) is 22.9 Å². The number of hydrogen-bond acceptors (Lipinski definition) is 8. The number of sulfonamides is 1. The number of aromatic carboxylic acids is 1. The van der Waals surface area contributed by atoms with Gasteiger partial charge in [0, 0.05) is 0 Å². The third-order valence-corrected chi connectivity index (χ3v) is 4.14. The number of hydrogen-bond donors (Lipinski definition) is 2. The lowest BCUT2D eigenvalue weighted by Gasteiger charge is -2.09. The Morgan fingerprint density at radius 1 is 1.17 bits per heavy atom. The molecule has 1 aromatic heterocycles. The lowest BCUT2D eigenvalue weighted by molar-refractivity contribution is 0.0692. The topological polar surface area (TPSA) is 148 Å². The van der Waals surface area contributed by atoms with Crippen molar-refractivity contribution in [1.82, 2.24) is 19.7 Å². The fourth-order valence-electron chi connectivity index (χ4n) is 1.75. The van der Waals surface area contributed by atoms with Crippen LogP contribution in [-0.4, -0.2) is 47.5 Å². The number of carbonyl (C=O) groups excluding carboxylic acids is 1. The fraction of sp³-hybridized carbons (Fsp3) is 0.154. The van der Waals surface area contributed by atoms with Crippen LogP contribution in [0.3, 0.4) is 0 Å². The molecule has 0 radical (unpaired) electrons. The Morgan fingerprint density at radius 3 is 2.46 bits per heavy atom. The van der Waals surface area contributed by atoms with E-state index in [0.717, 1.165) is 12.1 Å². The van der Waals surface area contributed by atoms with Gasteiger partial charge in [-0.2, -0.15) is 9.97 Å². The number of carboxylic acids is 1. The number of aryl methyl sites for hydroxylation is 1. The van der Waals surface area contributed by atoms with E-state index in [2.05, 4.69) is 15.0 Å². The molecular formula is C13H12N4O6S. The van der Waals surface area contributed by atoms with Crippen molar-refractivity contribution in [3.63, 3.8) is 0 Å². The van der Waals surface area contributed by atoms with Gasteiger partial charge in [0.25, 0.3) is 10.0 Å². The summed E-state index contributed by atoms with van der Waals surface area (Å²) in [7, 11) is -3.16. The second-order valence-corrected chi connectivity index (χ2v) is 6.08. The minimum absolute atomic E-state index is 0.148. The highest BCUT2D eigenvalue weighted by molar-refractivity contribution is 7.90. The molecule has 126 valence electrons. The molecule has 0 aliphatic heterocycles. The standard InChI is InChI=1S/C13H12N4O6S/c1-7-14-10(16-13(15-7)23-2)11(18)17-24(21,22)9-6-4-3-5-8(9)12(19)20/h3-6H,1-2H3,(H,17,18)(H,19,20). The second kappa shape index (κ2) is 6.58. The summed E-state index contributed by atoms with van der Waals surface area (Å²) < 4.78 is 31.1. The van der Waals surface area contributed by atoms with Gasteiger partial charge in [-0.05, 0) is 19.1 Å². The zero-order valence-electron chi connectivity index (χ0n) is 12.5. The molecule has 0 aliphatic rings. The predicted octanol–water partition coefficient (Wildman–Crippen LogP) is 0.00552. The van der Waals surface area contributed by atoms with E-state index in [4.69, 9.17) is 9.84 Å². The highest BCUT2D eigenvalue weighted by Crippen LogP contribution is 2.15. The molecule has 10 nitrogen and oxygen atoms in total. The molecule has 0 bridgehead atoms. The first-order valence-electron chi connectivity index (χ1n) is 6.40. The van der Waals surface area contributed by atoms with Gasteiger partial charge in [0.15, 0.2) is 0 Å². The van der Waals surface area contributed by atoms with Crippen LogP contribution in [-0.2, 0) is 10.0 Å². The predicted molar refractivity (Wildman–Crippen MR) is 79.2 cm³/mol. The van der Waals surface area contributed by atoms with E-state index in [1.54, 1.807) is 4.72 Å². The maximum absolute atomic E-state index is 12.3. The largest absolute Gasteiger partial charge is 0.478 e. The third kappa shape index (κ3) is 3.63. The van der Waals surface area contributed by atoms with Crippen molar-refractivity contribution in [1.29, 1.82) is 0 Å². The number of aromatic nitrogens is 3. The van der Waals surface area contributed by atoms with Crippen molar-refractivity contribution in [2.75, 3.05) is 7.11 Å². The van der Waals surface area contributed by atoms with Crippen molar-refractivity contribution in [3.05, 3.63) is 41.5 Å². The van der Waals surface area contributed by atoms with Crippen molar-refractivity contribution >= 4 is 21.9 Å². The van der Waals surface area contributed by atoms with Crippen LogP contribution in [0.5, 0.6) is 6.01 Å². The fourth-order valence-corrected chi connectivity index (χ4v) is 2.90. The van der Waals surface area contributed by atoms with Crippen molar-refractivity contribution in [3.8, 4) is 6.01 Å². The number of rotatable bonds is 5. The van der Waals surface area contributed by atoms with Gasteiger partial charge < -0.3 is 9.84 Å². The van der Waals surface area contributed by atoms with Crippen molar-refractivity contribution in [2.24, 2.45) is 0 Å². The van der Waals surface area contributed by atoms with Crippen LogP contribution in [0.25, 0.3) is 0 Å². The zero-order valence-corrected chi connectivity index (χ0v) is 13.4. The normalized spacial score (nSPS) is 10.9. The summed E-state index contributed by atoms with van der Waals surface area (Å²) in [5, 5.41) is 9.06. The Kier molecular flexibility index (Phi) is 4.74. The summed E-state index contributed by atoms with van der Waals surface area (Å²) in [6.45, 7) is 1.47. The third-order valence-electron chi connectivity index (χ3n) is 2.75. The van der Waals surface area contributed by atoms with Gasteiger partial charge in [-0.1, -0.05) is 12.1 Å². The maximum atomic E-state index is 12.3. The SMILES string of the molecule is COc1nc(C)nc(C(=O)NS(=O)(=O)c2ccccc2C(=O)O)n1. The Hall–Kier alpha value is -3.08. The number of ether oxygens (including phenoxy) is 1. The highest BCUT2D eigenvalue weighted by Gasteiger charge is 2.26. The van der Waals surface area contributed by atoms with Crippen molar-refractivity contribution < 1.29 is 27.9 Å². The molecule has 0 fully saturated rings. The number of benzene rings is 1. The monoisotopic (exact) mass is 352 g/mol. The van der Waals surface area contributed by atoms with Crippen LogP contribution >= 0.6 is 0 Å². The number of methoxy groups -OCH3 is 1. The van der Waals surface area contributed by atoms with Crippen LogP contribution in [0.15, 0.2) is 29.2 Å². The minimum Gasteiger partial charge on any atom is -0.478 e. The molecule has 0 atom stereocenters. The van der Waals surface area contributed by atoms with E-state index < -0.39 is 38.2 Å². The molecule has 11 heteroatoms. The average molecular weight is 352 g/mol. The Morgan fingerprint density at radius 2 is 1.83 bits per heavy atom. The first-order valence-corrected chi connectivity index (χ1v) is 7.89. The lowest BCUT2D eigenvalue weighted by atomic mass is 10.2. The molecule has 1 aromatic carbocycles. The van der Waals surface area contributed by atoms with Gasteiger partial charge in [-0.3, -0.25) is 4.79 Å².